The van der Waals surface area contributed by atoms with Crippen LogP contribution in [0.25, 0.3) is 11.4 Å². The van der Waals surface area contributed by atoms with Gasteiger partial charge in [0.25, 0.3) is 0 Å². The molecule has 0 aliphatic carbocycles. The normalized spacial score (nSPS) is 10.8. The third-order valence-electron chi connectivity index (χ3n) is 3.39. The number of pyridine rings is 1. The molecule has 0 atom stereocenters. The van der Waals surface area contributed by atoms with E-state index < -0.39 is 0 Å². The van der Waals surface area contributed by atoms with Crippen molar-refractivity contribution < 1.29 is 4.74 Å². The zero-order valence-electron chi connectivity index (χ0n) is 12.9. The predicted molar refractivity (Wildman–Crippen MR) is 83.2 cm³/mol. The number of aromatic nitrogens is 3. The summed E-state index contributed by atoms with van der Waals surface area (Å²) in [6.45, 7) is 6.59. The summed E-state index contributed by atoms with van der Waals surface area (Å²) >= 11 is 0. The van der Waals surface area contributed by atoms with Crippen molar-refractivity contribution in [1.82, 2.24) is 20.3 Å². The number of ether oxygens (including phenoxy) is 1. The fourth-order valence-electron chi connectivity index (χ4n) is 2.24. The van der Waals surface area contributed by atoms with E-state index in [1.54, 1.807) is 19.5 Å². The van der Waals surface area contributed by atoms with Gasteiger partial charge in [0.05, 0.1) is 6.61 Å². The Hall–Kier alpha value is -1.85. The van der Waals surface area contributed by atoms with Crippen LogP contribution in [-0.2, 0) is 11.2 Å². The van der Waals surface area contributed by atoms with E-state index in [4.69, 9.17) is 4.74 Å². The maximum absolute atomic E-state index is 5.01. The Kier molecular flexibility index (Phi) is 5.78. The zero-order chi connectivity index (χ0) is 15.1. The van der Waals surface area contributed by atoms with Crippen molar-refractivity contribution >= 4 is 0 Å². The van der Waals surface area contributed by atoms with Crippen LogP contribution in [0, 0.1) is 13.8 Å². The molecule has 2 heterocycles. The van der Waals surface area contributed by atoms with Gasteiger partial charge in [-0.25, -0.2) is 9.97 Å². The van der Waals surface area contributed by atoms with Crippen LogP contribution in [0.15, 0.2) is 24.5 Å². The van der Waals surface area contributed by atoms with Gasteiger partial charge >= 0.3 is 0 Å². The van der Waals surface area contributed by atoms with Gasteiger partial charge in [-0.2, -0.15) is 0 Å². The van der Waals surface area contributed by atoms with Crippen LogP contribution in [0.2, 0.25) is 0 Å². The molecule has 2 rings (SSSR count). The van der Waals surface area contributed by atoms with E-state index in [1.807, 2.05) is 26.0 Å². The standard InChI is InChI=1S/C16H22N4O/c1-12-15(6-9-18-10-11-21-3)13(2)20-16(19-12)14-4-7-17-8-5-14/h4-5,7-8,18H,6,9-11H2,1-3H3. The summed E-state index contributed by atoms with van der Waals surface area (Å²) in [6, 6.07) is 3.86. The molecule has 0 saturated carbocycles. The Morgan fingerprint density at radius 1 is 1.05 bits per heavy atom. The molecule has 5 heteroatoms. The molecular formula is C16H22N4O. The molecule has 0 aliphatic heterocycles. The fourth-order valence-corrected chi connectivity index (χ4v) is 2.24. The number of nitrogens with zero attached hydrogens (tertiary/aromatic N) is 3. The molecule has 0 radical (unpaired) electrons. The lowest BCUT2D eigenvalue weighted by Gasteiger charge is -2.11. The average molecular weight is 286 g/mol. The topological polar surface area (TPSA) is 59.9 Å². The van der Waals surface area contributed by atoms with E-state index in [0.717, 1.165) is 48.9 Å². The fraction of sp³-hybridized carbons (Fsp3) is 0.438. The molecule has 1 N–H and O–H groups in total. The second-order valence-electron chi connectivity index (χ2n) is 4.93. The molecule has 0 amide bonds. The first-order valence-electron chi connectivity index (χ1n) is 7.16. The molecule has 0 unspecified atom stereocenters. The van der Waals surface area contributed by atoms with E-state index in [1.165, 1.54) is 5.56 Å². The highest BCUT2D eigenvalue weighted by atomic mass is 16.5. The van der Waals surface area contributed by atoms with Gasteiger partial charge in [0.2, 0.25) is 0 Å². The van der Waals surface area contributed by atoms with Crippen molar-refractivity contribution in [1.29, 1.82) is 0 Å². The molecule has 2 aromatic heterocycles. The summed E-state index contributed by atoms with van der Waals surface area (Å²) in [6.07, 6.45) is 4.45. The molecule has 0 saturated heterocycles. The summed E-state index contributed by atoms with van der Waals surface area (Å²) in [5, 5.41) is 3.35. The number of aryl methyl sites for hydroxylation is 2. The van der Waals surface area contributed by atoms with Crippen LogP contribution in [0.4, 0.5) is 0 Å². The summed E-state index contributed by atoms with van der Waals surface area (Å²) in [4.78, 5) is 13.3. The van der Waals surface area contributed by atoms with Crippen LogP contribution in [0.3, 0.4) is 0 Å². The lowest BCUT2D eigenvalue weighted by atomic mass is 10.1. The lowest BCUT2D eigenvalue weighted by molar-refractivity contribution is 0.199. The van der Waals surface area contributed by atoms with E-state index in [9.17, 15) is 0 Å². The van der Waals surface area contributed by atoms with Gasteiger partial charge in [-0.1, -0.05) is 0 Å². The molecule has 0 spiro atoms. The van der Waals surface area contributed by atoms with Gasteiger partial charge in [-0.15, -0.1) is 0 Å². The van der Waals surface area contributed by atoms with Crippen LogP contribution < -0.4 is 5.32 Å². The van der Waals surface area contributed by atoms with Gasteiger partial charge in [0.1, 0.15) is 0 Å². The molecule has 112 valence electrons. The third kappa shape index (κ3) is 4.31. The van der Waals surface area contributed by atoms with Crippen molar-refractivity contribution in [2.24, 2.45) is 0 Å². The van der Waals surface area contributed by atoms with Crippen molar-refractivity contribution in [3.63, 3.8) is 0 Å². The number of methoxy groups -OCH3 is 1. The van der Waals surface area contributed by atoms with Crippen molar-refractivity contribution in [3.8, 4) is 11.4 Å². The van der Waals surface area contributed by atoms with Gasteiger partial charge < -0.3 is 10.1 Å². The van der Waals surface area contributed by atoms with Crippen molar-refractivity contribution in [2.45, 2.75) is 20.3 Å². The number of rotatable bonds is 7. The first-order chi connectivity index (χ1) is 10.2. The number of nitrogens with one attached hydrogen (secondary N) is 1. The molecule has 0 aromatic carbocycles. The second kappa shape index (κ2) is 7.81. The minimum absolute atomic E-state index is 0.732. The summed E-state index contributed by atoms with van der Waals surface area (Å²) in [7, 11) is 1.71. The maximum Gasteiger partial charge on any atom is 0.159 e. The van der Waals surface area contributed by atoms with E-state index in [0.29, 0.717) is 0 Å². The molecule has 2 aromatic rings. The number of hydrogen-bond acceptors (Lipinski definition) is 5. The van der Waals surface area contributed by atoms with Gasteiger partial charge in [-0.05, 0) is 44.5 Å². The quantitative estimate of drug-likeness (QED) is 0.788. The van der Waals surface area contributed by atoms with E-state index >= 15 is 0 Å². The minimum atomic E-state index is 0.732. The van der Waals surface area contributed by atoms with Crippen molar-refractivity contribution in [2.75, 3.05) is 26.8 Å². The molecule has 0 fully saturated rings. The Labute approximate surface area is 125 Å². The van der Waals surface area contributed by atoms with Crippen LogP contribution in [-0.4, -0.2) is 41.8 Å². The van der Waals surface area contributed by atoms with Crippen LogP contribution in [0.5, 0.6) is 0 Å². The molecule has 21 heavy (non-hydrogen) atoms. The van der Waals surface area contributed by atoms with Crippen LogP contribution in [0.1, 0.15) is 17.0 Å². The summed E-state index contributed by atoms with van der Waals surface area (Å²) < 4.78 is 5.01. The smallest absolute Gasteiger partial charge is 0.159 e. The third-order valence-corrected chi connectivity index (χ3v) is 3.39. The van der Waals surface area contributed by atoms with E-state index in [-0.39, 0.29) is 0 Å². The van der Waals surface area contributed by atoms with Gasteiger partial charge in [0.15, 0.2) is 5.82 Å². The monoisotopic (exact) mass is 286 g/mol. The highest BCUT2D eigenvalue weighted by Gasteiger charge is 2.09. The van der Waals surface area contributed by atoms with Gasteiger partial charge in [0, 0.05) is 43.0 Å². The SMILES string of the molecule is COCCNCCc1c(C)nc(-c2ccncc2)nc1C. The number of hydrogen-bond donors (Lipinski definition) is 1. The highest BCUT2D eigenvalue weighted by Crippen LogP contribution is 2.18. The van der Waals surface area contributed by atoms with E-state index in [2.05, 4.69) is 20.3 Å². The summed E-state index contributed by atoms with van der Waals surface area (Å²) in [5.41, 5.74) is 4.31. The zero-order valence-corrected chi connectivity index (χ0v) is 12.9. The first-order valence-corrected chi connectivity index (χ1v) is 7.16. The largest absolute Gasteiger partial charge is 0.383 e. The molecule has 0 bridgehead atoms. The Morgan fingerprint density at radius 3 is 2.33 bits per heavy atom. The molecule has 0 aliphatic rings. The Balaban J connectivity index is 2.07. The lowest BCUT2D eigenvalue weighted by Crippen LogP contribution is -2.22. The minimum Gasteiger partial charge on any atom is -0.383 e. The highest BCUT2D eigenvalue weighted by molar-refractivity contribution is 5.54. The molecular weight excluding hydrogens is 264 g/mol. The Morgan fingerprint density at radius 2 is 1.71 bits per heavy atom. The summed E-state index contributed by atoms with van der Waals surface area (Å²) in [5.74, 6) is 0.767. The Bertz CT molecular complexity index is 549. The maximum atomic E-state index is 5.01. The average Bonchev–Trinajstić information content (AvgIpc) is 2.50. The van der Waals surface area contributed by atoms with Crippen molar-refractivity contribution in [3.05, 3.63) is 41.5 Å². The first kappa shape index (κ1) is 15.5. The second-order valence-corrected chi connectivity index (χ2v) is 4.93. The van der Waals surface area contributed by atoms with Gasteiger partial charge in [-0.3, -0.25) is 4.98 Å². The van der Waals surface area contributed by atoms with Crippen LogP contribution >= 0.6 is 0 Å². The molecule has 5 nitrogen and oxygen atoms in total. The predicted octanol–water partition coefficient (Wildman–Crippen LogP) is 1.93.